The molecule has 0 aromatic heterocycles. The lowest BCUT2D eigenvalue weighted by Crippen LogP contribution is -2.47. The zero-order chi connectivity index (χ0) is 20.1. The van der Waals surface area contributed by atoms with Crippen LogP contribution in [0.1, 0.15) is 48.5 Å². The van der Waals surface area contributed by atoms with Crippen molar-refractivity contribution in [3.05, 3.63) is 64.7 Å². The van der Waals surface area contributed by atoms with E-state index in [4.69, 9.17) is 11.6 Å². The van der Waals surface area contributed by atoms with Crippen molar-refractivity contribution >= 4 is 29.2 Å². The van der Waals surface area contributed by atoms with Gasteiger partial charge in [0, 0.05) is 30.6 Å². The van der Waals surface area contributed by atoms with E-state index in [0.717, 1.165) is 24.9 Å². The number of urea groups is 1. The number of rotatable bonds is 4. The smallest absolute Gasteiger partial charge is 0.317 e. The van der Waals surface area contributed by atoms with Gasteiger partial charge in [-0.15, -0.1) is 0 Å². The minimum atomic E-state index is -0.194. The summed E-state index contributed by atoms with van der Waals surface area (Å²) < 4.78 is 0. The van der Waals surface area contributed by atoms with Crippen LogP contribution in [0.15, 0.2) is 48.5 Å². The first-order valence-corrected chi connectivity index (χ1v) is 10.0. The summed E-state index contributed by atoms with van der Waals surface area (Å²) in [7, 11) is 0. The van der Waals surface area contributed by atoms with Crippen molar-refractivity contribution in [3.8, 4) is 0 Å². The number of benzene rings is 2. The van der Waals surface area contributed by atoms with Crippen LogP contribution in [-0.4, -0.2) is 36.0 Å². The van der Waals surface area contributed by atoms with E-state index < -0.39 is 0 Å². The van der Waals surface area contributed by atoms with Crippen molar-refractivity contribution in [2.75, 3.05) is 18.4 Å². The standard InChI is InChI=1S/C22H26ClN3O2/c1-15(2)24-22(28)26-12-6-9-18(14-26)16-7-5-8-17(13-16)21(27)25-20-11-4-3-10-19(20)23/h3-5,7-8,10-11,13,15,18H,6,9,12,14H2,1-2H3,(H,24,28)(H,25,27)/t18-/m0/s1. The Morgan fingerprint density at radius 1 is 1.14 bits per heavy atom. The average Bonchev–Trinajstić information content (AvgIpc) is 2.69. The van der Waals surface area contributed by atoms with E-state index >= 15 is 0 Å². The summed E-state index contributed by atoms with van der Waals surface area (Å²) in [6.45, 7) is 5.34. The first-order chi connectivity index (χ1) is 13.4. The normalized spacial score (nSPS) is 16.7. The molecule has 0 aliphatic carbocycles. The summed E-state index contributed by atoms with van der Waals surface area (Å²) >= 11 is 6.13. The predicted molar refractivity (Wildman–Crippen MR) is 113 cm³/mol. The lowest BCUT2D eigenvalue weighted by atomic mass is 9.89. The number of carbonyl (C=O) groups is 2. The van der Waals surface area contributed by atoms with Gasteiger partial charge in [0.1, 0.15) is 0 Å². The molecular formula is C22H26ClN3O2. The van der Waals surface area contributed by atoms with Crippen molar-refractivity contribution in [2.24, 2.45) is 0 Å². The number of carbonyl (C=O) groups excluding carboxylic acids is 2. The van der Waals surface area contributed by atoms with Gasteiger partial charge in [-0.3, -0.25) is 4.79 Å². The van der Waals surface area contributed by atoms with Crippen LogP contribution < -0.4 is 10.6 Å². The summed E-state index contributed by atoms with van der Waals surface area (Å²) in [5.74, 6) is 0.0277. The molecule has 0 saturated carbocycles. The van der Waals surface area contributed by atoms with E-state index in [0.29, 0.717) is 22.8 Å². The van der Waals surface area contributed by atoms with Crippen LogP contribution >= 0.6 is 11.6 Å². The molecule has 1 saturated heterocycles. The highest BCUT2D eigenvalue weighted by Gasteiger charge is 2.25. The van der Waals surface area contributed by atoms with Crippen molar-refractivity contribution in [1.82, 2.24) is 10.2 Å². The minimum Gasteiger partial charge on any atom is -0.336 e. The van der Waals surface area contributed by atoms with Crippen LogP contribution in [0.4, 0.5) is 10.5 Å². The molecule has 2 N–H and O–H groups in total. The van der Waals surface area contributed by atoms with Gasteiger partial charge in [-0.2, -0.15) is 0 Å². The van der Waals surface area contributed by atoms with Gasteiger partial charge < -0.3 is 15.5 Å². The lowest BCUT2D eigenvalue weighted by molar-refractivity contribution is 0.102. The molecular weight excluding hydrogens is 374 g/mol. The van der Waals surface area contributed by atoms with Gasteiger partial charge in [-0.1, -0.05) is 35.9 Å². The highest BCUT2D eigenvalue weighted by Crippen LogP contribution is 2.28. The molecule has 28 heavy (non-hydrogen) atoms. The van der Waals surface area contributed by atoms with E-state index in [1.165, 1.54) is 0 Å². The number of halogens is 1. The topological polar surface area (TPSA) is 61.4 Å². The second kappa shape index (κ2) is 9.11. The van der Waals surface area contributed by atoms with E-state index in [9.17, 15) is 9.59 Å². The second-order valence-electron chi connectivity index (χ2n) is 7.45. The Bertz CT molecular complexity index is 853. The number of nitrogens with one attached hydrogen (secondary N) is 2. The first-order valence-electron chi connectivity index (χ1n) is 9.65. The number of nitrogens with zero attached hydrogens (tertiary/aromatic N) is 1. The fraction of sp³-hybridized carbons (Fsp3) is 0.364. The number of likely N-dealkylation sites (tertiary alicyclic amines) is 1. The molecule has 1 aliphatic rings. The molecule has 1 aliphatic heterocycles. The molecule has 6 heteroatoms. The maximum Gasteiger partial charge on any atom is 0.317 e. The third-order valence-electron chi connectivity index (χ3n) is 4.86. The molecule has 1 heterocycles. The molecule has 0 unspecified atom stereocenters. The Balaban J connectivity index is 1.71. The third kappa shape index (κ3) is 5.04. The van der Waals surface area contributed by atoms with Crippen LogP contribution in [-0.2, 0) is 0 Å². The largest absolute Gasteiger partial charge is 0.336 e. The molecule has 1 atom stereocenters. The number of hydrogen-bond donors (Lipinski definition) is 2. The number of para-hydroxylation sites is 1. The predicted octanol–water partition coefficient (Wildman–Crippen LogP) is 4.89. The average molecular weight is 400 g/mol. The first kappa shape index (κ1) is 20.2. The molecule has 3 rings (SSSR count). The van der Waals surface area contributed by atoms with Crippen molar-refractivity contribution in [1.29, 1.82) is 0 Å². The maximum atomic E-state index is 12.7. The molecule has 148 valence electrons. The minimum absolute atomic E-state index is 0.0210. The summed E-state index contributed by atoms with van der Waals surface area (Å²) in [4.78, 5) is 26.9. The van der Waals surface area contributed by atoms with Crippen LogP contribution in [0.3, 0.4) is 0 Å². The van der Waals surface area contributed by atoms with Gasteiger partial charge >= 0.3 is 6.03 Å². The Labute approximate surface area is 171 Å². The molecule has 3 amide bonds. The number of piperidine rings is 1. The van der Waals surface area contributed by atoms with Gasteiger partial charge in [0.05, 0.1) is 10.7 Å². The summed E-state index contributed by atoms with van der Waals surface area (Å²) in [5.41, 5.74) is 2.25. The Morgan fingerprint density at radius 2 is 1.93 bits per heavy atom. The molecule has 0 bridgehead atoms. The van der Waals surface area contributed by atoms with Gasteiger partial charge in [0.25, 0.3) is 5.91 Å². The zero-order valence-corrected chi connectivity index (χ0v) is 17.0. The van der Waals surface area contributed by atoms with Crippen molar-refractivity contribution in [3.63, 3.8) is 0 Å². The van der Waals surface area contributed by atoms with Crippen molar-refractivity contribution in [2.45, 2.75) is 38.6 Å². The molecule has 0 spiro atoms. The quantitative estimate of drug-likeness (QED) is 0.768. The molecule has 2 aromatic carbocycles. The van der Waals surface area contributed by atoms with Crippen LogP contribution in [0, 0.1) is 0 Å². The summed E-state index contributed by atoms with van der Waals surface area (Å²) in [6, 6.07) is 14.9. The van der Waals surface area contributed by atoms with Crippen molar-refractivity contribution < 1.29 is 9.59 Å². The molecule has 1 fully saturated rings. The Morgan fingerprint density at radius 3 is 2.68 bits per heavy atom. The van der Waals surface area contributed by atoms with E-state index in [2.05, 4.69) is 10.6 Å². The molecule has 5 nitrogen and oxygen atoms in total. The van der Waals surface area contributed by atoms with Gasteiger partial charge in [-0.25, -0.2) is 4.79 Å². The molecule has 2 aromatic rings. The number of anilines is 1. The van der Waals surface area contributed by atoms with Crippen LogP contribution in [0.5, 0.6) is 0 Å². The number of hydrogen-bond acceptors (Lipinski definition) is 2. The van der Waals surface area contributed by atoms with Crippen LogP contribution in [0.2, 0.25) is 5.02 Å². The maximum absolute atomic E-state index is 12.7. The fourth-order valence-electron chi connectivity index (χ4n) is 3.46. The summed E-state index contributed by atoms with van der Waals surface area (Å²) in [5, 5.41) is 6.32. The lowest BCUT2D eigenvalue weighted by Gasteiger charge is -2.33. The van der Waals surface area contributed by atoms with E-state index in [-0.39, 0.29) is 23.9 Å². The third-order valence-corrected chi connectivity index (χ3v) is 5.19. The van der Waals surface area contributed by atoms with Gasteiger partial charge in [-0.05, 0) is 56.5 Å². The van der Waals surface area contributed by atoms with E-state index in [1.807, 2.05) is 49.1 Å². The van der Waals surface area contributed by atoms with Gasteiger partial charge in [0.15, 0.2) is 0 Å². The molecule has 0 radical (unpaired) electrons. The second-order valence-corrected chi connectivity index (χ2v) is 7.86. The highest BCUT2D eigenvalue weighted by molar-refractivity contribution is 6.33. The van der Waals surface area contributed by atoms with Crippen LogP contribution in [0.25, 0.3) is 0 Å². The van der Waals surface area contributed by atoms with E-state index in [1.54, 1.807) is 18.2 Å². The monoisotopic (exact) mass is 399 g/mol. The Kier molecular flexibility index (Phi) is 6.57. The summed E-state index contributed by atoms with van der Waals surface area (Å²) in [6.07, 6.45) is 1.95. The number of amides is 3. The Hall–Kier alpha value is -2.53. The fourth-order valence-corrected chi connectivity index (χ4v) is 3.65. The SMILES string of the molecule is CC(C)NC(=O)N1CCC[C@H](c2cccc(C(=O)Nc3ccccc3Cl)c2)C1. The highest BCUT2D eigenvalue weighted by atomic mass is 35.5. The zero-order valence-electron chi connectivity index (χ0n) is 16.2. The van der Waals surface area contributed by atoms with Gasteiger partial charge in [0.2, 0.25) is 0 Å².